The largest absolute Gasteiger partial charge is 0.463 e. The molecule has 33 heavy (non-hydrogen) atoms. The molecule has 5 rings (SSSR count). The highest BCUT2D eigenvalue weighted by molar-refractivity contribution is 8.00. The molecule has 12 nitrogen and oxygen atoms in total. The molecule has 6 atom stereocenters. The molecule has 0 aromatic carbocycles. The van der Waals surface area contributed by atoms with Crippen molar-refractivity contribution in [1.29, 1.82) is 0 Å². The van der Waals surface area contributed by atoms with Crippen LogP contribution in [-0.4, -0.2) is 78.5 Å². The van der Waals surface area contributed by atoms with Crippen LogP contribution in [0, 0.1) is 0 Å². The van der Waals surface area contributed by atoms with Crippen LogP contribution in [0.3, 0.4) is 0 Å². The first kappa shape index (κ1) is 22.2. The van der Waals surface area contributed by atoms with E-state index in [2.05, 4.69) is 25.6 Å². The molecule has 2 amide bonds. The van der Waals surface area contributed by atoms with Crippen LogP contribution in [0.2, 0.25) is 0 Å². The molecule has 0 saturated carbocycles. The molecule has 178 valence electrons. The van der Waals surface area contributed by atoms with Crippen LogP contribution in [0.15, 0.2) is 12.7 Å². The Labute approximate surface area is 194 Å². The second-order valence-corrected chi connectivity index (χ2v) is 9.84. The molecule has 13 heteroatoms. The number of nitrogens with zero attached hydrogens (tertiary/aromatic N) is 4. The lowest BCUT2D eigenvalue weighted by molar-refractivity contribution is -0.150. The highest BCUT2D eigenvalue weighted by Crippen LogP contribution is 2.33. The lowest BCUT2D eigenvalue weighted by Crippen LogP contribution is -2.36. The molecule has 3 aliphatic rings. The fourth-order valence-corrected chi connectivity index (χ4v) is 6.17. The lowest BCUT2D eigenvalue weighted by atomic mass is 10.0. The maximum Gasteiger partial charge on any atom is 0.315 e. The SMILES string of the molecule is Nc1ncnc2c1ncn2[C@H]1C[C@H](O)C(COC(=O)CCCC[C@@H]2SC[C@@H]3NC(=O)N[C@@H]32)O1. The Kier molecular flexibility index (Phi) is 6.25. The van der Waals surface area contributed by atoms with E-state index in [-0.39, 0.29) is 36.5 Å². The summed E-state index contributed by atoms with van der Waals surface area (Å²) in [5.41, 5.74) is 6.82. The highest BCUT2D eigenvalue weighted by atomic mass is 32.2. The van der Waals surface area contributed by atoms with Crippen LogP contribution < -0.4 is 16.4 Å². The number of amides is 2. The molecule has 5 N–H and O–H groups in total. The Morgan fingerprint density at radius 1 is 1.33 bits per heavy atom. The van der Waals surface area contributed by atoms with Gasteiger partial charge >= 0.3 is 12.0 Å². The Bertz CT molecular complexity index is 1040. The maximum atomic E-state index is 12.2. The van der Waals surface area contributed by atoms with E-state index in [9.17, 15) is 14.7 Å². The third-order valence-electron chi connectivity index (χ3n) is 6.37. The third kappa shape index (κ3) is 4.57. The molecule has 0 spiro atoms. The summed E-state index contributed by atoms with van der Waals surface area (Å²) in [6, 6.07) is 0.305. The Morgan fingerprint density at radius 2 is 2.21 bits per heavy atom. The molecule has 3 aliphatic heterocycles. The van der Waals surface area contributed by atoms with Gasteiger partial charge in [0, 0.05) is 23.8 Å². The fourth-order valence-electron chi connectivity index (χ4n) is 4.62. The number of aromatic nitrogens is 4. The number of thioether (sulfide) groups is 1. The molecule has 0 bridgehead atoms. The number of nitrogens with one attached hydrogen (secondary N) is 2. The Balaban J connectivity index is 1.04. The van der Waals surface area contributed by atoms with E-state index in [1.165, 1.54) is 6.33 Å². The minimum Gasteiger partial charge on any atom is -0.463 e. The number of rotatable bonds is 8. The number of nitrogens with two attached hydrogens (primary N) is 1. The fraction of sp³-hybridized carbons (Fsp3) is 0.650. The number of unbranched alkanes of at least 4 members (excludes halogenated alkanes) is 1. The van der Waals surface area contributed by atoms with Gasteiger partial charge in [0.2, 0.25) is 0 Å². The third-order valence-corrected chi connectivity index (χ3v) is 7.88. The van der Waals surface area contributed by atoms with Gasteiger partial charge in [-0.05, 0) is 12.8 Å². The van der Waals surface area contributed by atoms with Crippen molar-refractivity contribution in [1.82, 2.24) is 30.2 Å². The summed E-state index contributed by atoms with van der Waals surface area (Å²) in [5.74, 6) is 0.894. The van der Waals surface area contributed by atoms with Crippen molar-refractivity contribution in [2.24, 2.45) is 0 Å². The molecule has 0 radical (unpaired) electrons. The zero-order chi connectivity index (χ0) is 22.9. The molecule has 3 saturated heterocycles. The molecule has 1 unspecified atom stereocenters. The van der Waals surface area contributed by atoms with Crippen molar-refractivity contribution < 1.29 is 24.2 Å². The second-order valence-electron chi connectivity index (χ2n) is 8.57. The summed E-state index contributed by atoms with van der Waals surface area (Å²) in [6.45, 7) is -0.0137. The number of esters is 1. The van der Waals surface area contributed by atoms with E-state index < -0.39 is 18.4 Å². The van der Waals surface area contributed by atoms with Crippen LogP contribution in [0.4, 0.5) is 10.6 Å². The van der Waals surface area contributed by atoms with Crippen molar-refractivity contribution in [3.63, 3.8) is 0 Å². The first-order chi connectivity index (χ1) is 16.0. The van der Waals surface area contributed by atoms with Crippen LogP contribution in [0.5, 0.6) is 0 Å². The van der Waals surface area contributed by atoms with E-state index in [4.69, 9.17) is 15.2 Å². The van der Waals surface area contributed by atoms with E-state index in [0.29, 0.717) is 35.7 Å². The zero-order valence-electron chi connectivity index (χ0n) is 17.9. The van der Waals surface area contributed by atoms with Gasteiger partial charge < -0.3 is 30.9 Å². The molecule has 2 aromatic heterocycles. The number of hydrogen-bond donors (Lipinski definition) is 4. The van der Waals surface area contributed by atoms with Gasteiger partial charge in [-0.3, -0.25) is 9.36 Å². The average molecular weight is 478 g/mol. The summed E-state index contributed by atoms with van der Waals surface area (Å²) in [5, 5.41) is 16.7. The lowest BCUT2D eigenvalue weighted by Gasteiger charge is -2.17. The minimum atomic E-state index is -0.776. The number of aliphatic hydroxyl groups excluding tert-OH is 1. The topological polar surface area (TPSA) is 167 Å². The van der Waals surface area contributed by atoms with Gasteiger partial charge in [-0.2, -0.15) is 11.8 Å². The summed E-state index contributed by atoms with van der Waals surface area (Å²) < 4.78 is 13.0. The number of imidazole rings is 1. The van der Waals surface area contributed by atoms with Crippen LogP contribution in [0.1, 0.15) is 38.3 Å². The van der Waals surface area contributed by atoms with Crippen molar-refractivity contribution in [3.8, 4) is 0 Å². The quantitative estimate of drug-likeness (QED) is 0.236. The Hall–Kier alpha value is -2.64. The maximum absolute atomic E-state index is 12.2. The average Bonchev–Trinajstić information content (AvgIpc) is 3.54. The number of nitrogen functional groups attached to an aromatic ring is 1. The molecule has 5 heterocycles. The number of carbonyl (C=O) groups excluding carboxylic acids is 2. The van der Waals surface area contributed by atoms with Gasteiger partial charge in [0.05, 0.1) is 24.5 Å². The first-order valence-electron chi connectivity index (χ1n) is 11.1. The number of aliphatic hydroxyl groups is 1. The highest BCUT2D eigenvalue weighted by Gasteiger charge is 2.42. The van der Waals surface area contributed by atoms with Gasteiger partial charge in [0.15, 0.2) is 11.5 Å². The van der Waals surface area contributed by atoms with Crippen LogP contribution in [0.25, 0.3) is 11.2 Å². The van der Waals surface area contributed by atoms with Crippen LogP contribution >= 0.6 is 11.8 Å². The summed E-state index contributed by atoms with van der Waals surface area (Å²) in [7, 11) is 0. The monoisotopic (exact) mass is 477 g/mol. The summed E-state index contributed by atoms with van der Waals surface area (Å²) in [6.07, 6.45) is 4.20. The second kappa shape index (κ2) is 9.31. The van der Waals surface area contributed by atoms with Gasteiger partial charge in [-0.25, -0.2) is 19.7 Å². The van der Waals surface area contributed by atoms with E-state index in [0.717, 1.165) is 18.6 Å². The normalized spacial score (nSPS) is 30.9. The number of anilines is 1. The predicted octanol–water partition coefficient (Wildman–Crippen LogP) is 0.326. The van der Waals surface area contributed by atoms with E-state index >= 15 is 0 Å². The number of carbonyl (C=O) groups is 2. The molecule has 2 aromatic rings. The minimum absolute atomic E-state index is 0.0137. The van der Waals surface area contributed by atoms with Gasteiger partial charge in [0.1, 0.15) is 30.8 Å². The smallest absolute Gasteiger partial charge is 0.315 e. The summed E-state index contributed by atoms with van der Waals surface area (Å²) >= 11 is 1.86. The van der Waals surface area contributed by atoms with Crippen molar-refractivity contribution >= 4 is 40.7 Å². The van der Waals surface area contributed by atoms with Gasteiger partial charge in [-0.1, -0.05) is 6.42 Å². The van der Waals surface area contributed by atoms with Gasteiger partial charge in [-0.15, -0.1) is 0 Å². The first-order valence-corrected chi connectivity index (χ1v) is 12.2. The number of hydrogen-bond acceptors (Lipinski definition) is 10. The molecule has 0 aliphatic carbocycles. The van der Waals surface area contributed by atoms with Crippen molar-refractivity contribution in [3.05, 3.63) is 12.7 Å². The molecule has 3 fully saturated rings. The van der Waals surface area contributed by atoms with E-state index in [1.54, 1.807) is 10.9 Å². The van der Waals surface area contributed by atoms with Crippen molar-refractivity contribution in [2.75, 3.05) is 18.1 Å². The standard InChI is InChI=1S/C20H27N7O5S/c21-18-17-19(23-8-22-18)27(9-24-17)14-5-11(28)12(32-14)6-31-15(29)4-2-1-3-13-16-10(7-33-13)25-20(30)26-16/h8-14,16,28H,1-7H2,(H2,21,22,23)(H2,25,26,30)/t10-,11-,12?,13-,14+,16-/m0/s1. The number of ether oxygens (including phenoxy) is 2. The zero-order valence-corrected chi connectivity index (χ0v) is 18.7. The number of fused-ring (bicyclic) bond motifs is 2. The van der Waals surface area contributed by atoms with Crippen LogP contribution in [-0.2, 0) is 14.3 Å². The van der Waals surface area contributed by atoms with Gasteiger partial charge in [0.25, 0.3) is 0 Å². The molecular formula is C20H27N7O5S. The Morgan fingerprint density at radius 3 is 3.09 bits per heavy atom. The summed E-state index contributed by atoms with van der Waals surface area (Å²) in [4.78, 5) is 36.0. The molecular weight excluding hydrogens is 450 g/mol. The predicted molar refractivity (Wildman–Crippen MR) is 119 cm³/mol. The van der Waals surface area contributed by atoms with E-state index in [1.807, 2.05) is 11.8 Å². The van der Waals surface area contributed by atoms with Crippen molar-refractivity contribution in [2.45, 2.75) is 67.9 Å². The number of urea groups is 1.